The molecule has 2 heteroatoms. The Morgan fingerprint density at radius 1 is 0.714 bits per heavy atom. The van der Waals surface area contributed by atoms with E-state index in [-0.39, 0.29) is 0 Å². The zero-order valence-electron chi connectivity index (χ0n) is 16.6. The molecule has 0 bridgehead atoms. The Bertz CT molecular complexity index is 789. The predicted molar refractivity (Wildman–Crippen MR) is 128 cm³/mol. The van der Waals surface area contributed by atoms with E-state index in [0.29, 0.717) is 0 Å². The fourth-order valence-electron chi connectivity index (χ4n) is 3.13. The summed E-state index contributed by atoms with van der Waals surface area (Å²) in [6.45, 7) is 2.28. The van der Waals surface area contributed by atoms with Crippen molar-refractivity contribution in [3.05, 3.63) is 102 Å². The highest BCUT2D eigenvalue weighted by Crippen LogP contribution is 2.42. The summed E-state index contributed by atoms with van der Waals surface area (Å²) in [7, 11) is -0.494. The maximum absolute atomic E-state index is 2.56. The van der Waals surface area contributed by atoms with Crippen molar-refractivity contribution in [2.24, 2.45) is 0 Å². The highest BCUT2D eigenvalue weighted by molar-refractivity contribution is 8.03. The van der Waals surface area contributed by atoms with Crippen LogP contribution in [0.2, 0.25) is 0 Å². The largest absolute Gasteiger partial charge is 0.0945 e. The molecule has 0 N–H and O–H groups in total. The highest BCUT2D eigenvalue weighted by atomic mass is 32.2. The first-order valence-corrected chi connectivity index (χ1v) is 12.4. The van der Waals surface area contributed by atoms with Gasteiger partial charge in [0.2, 0.25) is 0 Å². The molecule has 28 heavy (non-hydrogen) atoms. The molecule has 0 radical (unpaired) electrons. The van der Waals surface area contributed by atoms with Crippen molar-refractivity contribution in [3.63, 3.8) is 0 Å². The average molecular weight is 405 g/mol. The van der Waals surface area contributed by atoms with E-state index in [9.17, 15) is 0 Å². The zero-order valence-corrected chi connectivity index (χ0v) is 18.3. The van der Waals surface area contributed by atoms with E-state index in [1.165, 1.54) is 46.1 Å². The van der Waals surface area contributed by atoms with Crippen LogP contribution < -0.4 is 10.6 Å². The van der Waals surface area contributed by atoms with Gasteiger partial charge in [0.15, 0.2) is 0 Å². The van der Waals surface area contributed by atoms with E-state index >= 15 is 0 Å². The second-order valence-corrected chi connectivity index (χ2v) is 10.1. The highest BCUT2D eigenvalue weighted by Gasteiger charge is 2.13. The van der Waals surface area contributed by atoms with Crippen LogP contribution in [0, 0.1) is 0 Å². The van der Waals surface area contributed by atoms with Crippen LogP contribution >= 0.6 is 19.7 Å². The minimum Gasteiger partial charge on any atom is -0.0945 e. The third-order valence-corrected chi connectivity index (χ3v) is 8.16. The van der Waals surface area contributed by atoms with Crippen molar-refractivity contribution in [2.45, 2.75) is 43.9 Å². The van der Waals surface area contributed by atoms with E-state index in [1.54, 1.807) is 0 Å². The Morgan fingerprint density at radius 3 is 1.79 bits per heavy atom. The van der Waals surface area contributed by atoms with Gasteiger partial charge in [0, 0.05) is 4.90 Å². The lowest BCUT2D eigenvalue weighted by Crippen LogP contribution is -2.09. The minimum atomic E-state index is -0.494. The number of allylic oxidation sites excluding steroid dienone is 1. The van der Waals surface area contributed by atoms with Gasteiger partial charge in [-0.3, -0.25) is 0 Å². The van der Waals surface area contributed by atoms with Gasteiger partial charge in [0.05, 0.1) is 0 Å². The van der Waals surface area contributed by atoms with Crippen molar-refractivity contribution in [1.29, 1.82) is 0 Å². The van der Waals surface area contributed by atoms with Crippen LogP contribution in [0.1, 0.15) is 39.0 Å². The summed E-state index contributed by atoms with van der Waals surface area (Å²) in [5.41, 5.74) is 0. The lowest BCUT2D eigenvalue weighted by molar-refractivity contribution is 0.672. The molecule has 0 heterocycles. The Kier molecular flexibility index (Phi) is 8.88. The Hall–Kier alpha value is -1.82. The fraction of sp³-hybridized carbons (Fsp3) is 0.231. The number of hydrogen-bond acceptors (Lipinski definition) is 1. The van der Waals surface area contributed by atoms with Gasteiger partial charge in [0.1, 0.15) is 0 Å². The van der Waals surface area contributed by atoms with Crippen LogP contribution in [0.3, 0.4) is 0 Å². The van der Waals surface area contributed by atoms with E-state index in [1.807, 2.05) is 11.8 Å². The molecule has 0 aliphatic carbocycles. The molecule has 0 fully saturated rings. The molecule has 3 rings (SSSR count). The van der Waals surface area contributed by atoms with E-state index in [0.717, 1.165) is 6.42 Å². The lowest BCUT2D eigenvalue weighted by atomic mass is 10.1. The molecular weight excluding hydrogens is 375 g/mol. The molecule has 3 aromatic rings. The second-order valence-electron chi connectivity index (χ2n) is 6.86. The number of unbranched alkanes of at least 4 members (excludes halogenated alkanes) is 3. The molecular formula is C26H29PS. The molecule has 0 atom stereocenters. The van der Waals surface area contributed by atoms with E-state index in [2.05, 4.69) is 104 Å². The number of hydrogen-bond donors (Lipinski definition) is 0. The Labute approximate surface area is 175 Å². The van der Waals surface area contributed by atoms with Crippen LogP contribution in [0.4, 0.5) is 0 Å². The van der Waals surface area contributed by atoms with Gasteiger partial charge < -0.3 is 0 Å². The first-order chi connectivity index (χ1) is 13.9. The predicted octanol–water partition coefficient (Wildman–Crippen LogP) is 7.72. The number of rotatable bonds is 10. The smallest absolute Gasteiger partial charge is 0.0119 e. The van der Waals surface area contributed by atoms with Crippen LogP contribution in [-0.4, -0.2) is 0 Å². The van der Waals surface area contributed by atoms with Gasteiger partial charge in [-0.2, -0.15) is 0 Å². The van der Waals surface area contributed by atoms with Crippen LogP contribution in [0.5, 0.6) is 0 Å². The van der Waals surface area contributed by atoms with Crippen molar-refractivity contribution in [1.82, 2.24) is 0 Å². The van der Waals surface area contributed by atoms with Gasteiger partial charge in [0.25, 0.3) is 0 Å². The summed E-state index contributed by atoms with van der Waals surface area (Å²) in [4.78, 5) is 2.83. The summed E-state index contributed by atoms with van der Waals surface area (Å²) < 4.78 is 0. The third kappa shape index (κ3) is 6.66. The molecule has 144 valence electrons. The number of benzene rings is 3. The molecule has 0 aliphatic heterocycles. The maximum Gasteiger partial charge on any atom is 0.0119 e. The molecule has 0 nitrogen and oxygen atoms in total. The quantitative estimate of drug-likeness (QED) is 0.189. The lowest BCUT2D eigenvalue weighted by Gasteiger charge is -2.17. The van der Waals surface area contributed by atoms with Crippen LogP contribution in [0.25, 0.3) is 0 Å². The third-order valence-electron chi connectivity index (χ3n) is 4.61. The SMILES string of the molecule is CCCCCC/C(=C/P(c1ccccc1)c1ccccc1)Sc1ccccc1. The molecule has 3 aromatic carbocycles. The Balaban J connectivity index is 1.90. The summed E-state index contributed by atoms with van der Waals surface area (Å²) in [6, 6.07) is 32.8. The maximum atomic E-state index is 2.56. The summed E-state index contributed by atoms with van der Waals surface area (Å²) in [6.07, 6.45) is 6.36. The average Bonchev–Trinajstić information content (AvgIpc) is 2.76. The van der Waals surface area contributed by atoms with Crippen molar-refractivity contribution < 1.29 is 0 Å². The normalized spacial score (nSPS) is 11.7. The molecule has 0 aromatic heterocycles. The summed E-state index contributed by atoms with van der Waals surface area (Å²) >= 11 is 1.94. The second kappa shape index (κ2) is 11.9. The van der Waals surface area contributed by atoms with E-state index < -0.39 is 7.92 Å². The minimum absolute atomic E-state index is 0.494. The summed E-state index contributed by atoms with van der Waals surface area (Å²) in [5.74, 6) is 2.56. The first-order valence-electron chi connectivity index (χ1n) is 10.2. The monoisotopic (exact) mass is 404 g/mol. The van der Waals surface area contributed by atoms with Crippen molar-refractivity contribution >= 4 is 30.3 Å². The van der Waals surface area contributed by atoms with Crippen LogP contribution in [-0.2, 0) is 0 Å². The van der Waals surface area contributed by atoms with E-state index in [4.69, 9.17) is 0 Å². The van der Waals surface area contributed by atoms with Gasteiger partial charge in [-0.05, 0) is 54.2 Å². The zero-order chi connectivity index (χ0) is 19.4. The molecule has 0 amide bonds. The molecule has 0 spiro atoms. The standard InChI is InChI=1S/C26H29PS/c1-2-3-4-12-21-26(28-25-19-13-7-14-20-25)22-27(23-15-8-5-9-16-23)24-17-10-6-11-18-24/h5-11,13-20,22H,2-4,12,21H2,1H3/b26-22-. The first kappa shape index (κ1) is 20.9. The van der Waals surface area contributed by atoms with Crippen LogP contribution in [0.15, 0.2) is 107 Å². The van der Waals surface area contributed by atoms with Gasteiger partial charge in [-0.15, -0.1) is 0 Å². The van der Waals surface area contributed by atoms with Crippen molar-refractivity contribution in [3.8, 4) is 0 Å². The fourth-order valence-corrected chi connectivity index (χ4v) is 6.50. The van der Waals surface area contributed by atoms with Gasteiger partial charge >= 0.3 is 0 Å². The molecule has 0 unspecified atom stereocenters. The van der Waals surface area contributed by atoms with Crippen molar-refractivity contribution in [2.75, 3.05) is 0 Å². The van der Waals surface area contributed by atoms with Gasteiger partial charge in [-0.1, -0.05) is 117 Å². The molecule has 0 saturated heterocycles. The summed E-state index contributed by atoms with van der Waals surface area (Å²) in [5, 5.41) is 2.84. The number of thioether (sulfide) groups is 1. The molecule has 0 saturated carbocycles. The Morgan fingerprint density at radius 2 is 1.25 bits per heavy atom. The van der Waals surface area contributed by atoms with Gasteiger partial charge in [-0.25, -0.2) is 0 Å². The molecule has 0 aliphatic rings. The topological polar surface area (TPSA) is 0 Å².